The van der Waals surface area contributed by atoms with E-state index in [1.807, 2.05) is 6.08 Å². The molecular weight excluding hydrogens is 337 g/mol. The normalized spacial score (nSPS) is 28.3. The molecule has 0 aromatic carbocycles. The second-order valence-corrected chi connectivity index (χ2v) is 8.89. The van der Waals surface area contributed by atoms with Crippen LogP contribution in [-0.2, 0) is 0 Å². The van der Waals surface area contributed by atoms with Gasteiger partial charge in [-0.3, -0.25) is 4.90 Å². The van der Waals surface area contributed by atoms with Crippen LogP contribution in [-0.4, -0.2) is 41.6 Å². The summed E-state index contributed by atoms with van der Waals surface area (Å²) < 4.78 is 13.3. The Kier molecular flexibility index (Phi) is 6.67. The van der Waals surface area contributed by atoms with Crippen molar-refractivity contribution >= 4 is 0 Å². The molecule has 1 N–H and O–H groups in total. The first-order chi connectivity index (χ1) is 13.0. The molecule has 3 rings (SSSR count). The van der Waals surface area contributed by atoms with E-state index >= 15 is 0 Å². The predicted octanol–water partition coefficient (Wildman–Crippen LogP) is 5.33. The van der Waals surface area contributed by atoms with Crippen LogP contribution in [0.5, 0.6) is 0 Å². The van der Waals surface area contributed by atoms with Crippen LogP contribution in [0.2, 0.25) is 0 Å². The van der Waals surface area contributed by atoms with Crippen LogP contribution < -0.4 is 5.32 Å². The lowest BCUT2D eigenvalue weighted by molar-refractivity contribution is 0.226. The third kappa shape index (κ3) is 4.59. The molecule has 2 unspecified atom stereocenters. The molecule has 2 aliphatic heterocycles. The van der Waals surface area contributed by atoms with Gasteiger partial charge in [0.2, 0.25) is 0 Å². The van der Waals surface area contributed by atoms with Gasteiger partial charge in [0.1, 0.15) is 5.83 Å². The highest BCUT2D eigenvalue weighted by molar-refractivity contribution is 5.21. The van der Waals surface area contributed by atoms with E-state index in [0.29, 0.717) is 23.9 Å². The molecule has 4 heteroatoms. The van der Waals surface area contributed by atoms with Gasteiger partial charge in [0.05, 0.1) is 6.67 Å². The molecule has 2 saturated heterocycles. The maximum Gasteiger partial charge on any atom is 0.100 e. The highest BCUT2D eigenvalue weighted by Crippen LogP contribution is 2.45. The molecule has 0 radical (unpaired) electrons. The van der Waals surface area contributed by atoms with Gasteiger partial charge in [-0.1, -0.05) is 33.3 Å². The number of hydrogen-bond acceptors (Lipinski definition) is 3. The first kappa shape index (κ1) is 20.4. The Labute approximate surface area is 165 Å². The third-order valence-electron chi connectivity index (χ3n) is 6.82. The first-order valence-electron chi connectivity index (χ1n) is 11.0. The lowest BCUT2D eigenvalue weighted by atomic mass is 9.75. The van der Waals surface area contributed by atoms with Crippen LogP contribution in [0.3, 0.4) is 0 Å². The second kappa shape index (κ2) is 8.81. The average molecular weight is 376 g/mol. The monoisotopic (exact) mass is 375 g/mol. The van der Waals surface area contributed by atoms with Crippen LogP contribution in [0.15, 0.2) is 36.0 Å². The molecule has 0 saturated carbocycles. The minimum absolute atomic E-state index is 0.0121. The zero-order chi connectivity index (χ0) is 19.4. The lowest BCUT2D eigenvalue weighted by Crippen LogP contribution is -2.33. The largest absolute Gasteiger partial charge is 0.386 e. The van der Waals surface area contributed by atoms with Gasteiger partial charge in [-0.15, -0.1) is 0 Å². The Morgan fingerprint density at radius 2 is 1.96 bits per heavy atom. The summed E-state index contributed by atoms with van der Waals surface area (Å²) in [6.07, 6.45) is 12.4. The average Bonchev–Trinajstić information content (AvgIpc) is 3.15. The fraction of sp³-hybridized carbons (Fsp3) is 0.739. The maximum absolute atomic E-state index is 13.3. The van der Waals surface area contributed by atoms with Crippen LogP contribution >= 0.6 is 0 Å². The Hall–Kier alpha value is -1.29. The molecule has 2 fully saturated rings. The summed E-state index contributed by atoms with van der Waals surface area (Å²) in [5, 5.41) is 3.74. The summed E-state index contributed by atoms with van der Waals surface area (Å²) in [6, 6.07) is 1.12. The van der Waals surface area contributed by atoms with Crippen LogP contribution in [0, 0.1) is 5.41 Å². The number of nitrogens with one attached hydrogen (secondary N) is 1. The minimum atomic E-state index is 0.0121. The van der Waals surface area contributed by atoms with Gasteiger partial charge in [0.15, 0.2) is 0 Å². The Morgan fingerprint density at radius 1 is 1.22 bits per heavy atom. The van der Waals surface area contributed by atoms with Crippen LogP contribution in [0.25, 0.3) is 0 Å². The predicted molar refractivity (Wildman–Crippen MR) is 112 cm³/mol. The van der Waals surface area contributed by atoms with E-state index in [9.17, 15) is 4.39 Å². The smallest absolute Gasteiger partial charge is 0.100 e. The van der Waals surface area contributed by atoms with E-state index in [1.54, 1.807) is 6.08 Å². The molecule has 1 aliphatic carbocycles. The molecule has 2 atom stereocenters. The summed E-state index contributed by atoms with van der Waals surface area (Å²) in [7, 11) is 0. The van der Waals surface area contributed by atoms with E-state index in [-0.39, 0.29) is 5.83 Å². The number of halogens is 1. The minimum Gasteiger partial charge on any atom is -0.386 e. The van der Waals surface area contributed by atoms with E-state index < -0.39 is 0 Å². The van der Waals surface area contributed by atoms with Crippen molar-refractivity contribution in [2.24, 2.45) is 5.41 Å². The lowest BCUT2D eigenvalue weighted by Gasteiger charge is -2.29. The molecule has 0 spiro atoms. The van der Waals surface area contributed by atoms with Crippen molar-refractivity contribution in [1.82, 2.24) is 15.1 Å². The summed E-state index contributed by atoms with van der Waals surface area (Å²) in [5.74, 6) is 0.0121. The van der Waals surface area contributed by atoms with E-state index in [4.69, 9.17) is 0 Å². The van der Waals surface area contributed by atoms with Gasteiger partial charge >= 0.3 is 0 Å². The molecule has 0 aromatic heterocycles. The van der Waals surface area contributed by atoms with Crippen molar-refractivity contribution in [3.63, 3.8) is 0 Å². The van der Waals surface area contributed by atoms with Gasteiger partial charge in [-0.05, 0) is 51.2 Å². The molecule has 3 aliphatic rings. The van der Waals surface area contributed by atoms with Crippen molar-refractivity contribution < 1.29 is 4.39 Å². The van der Waals surface area contributed by atoms with Crippen molar-refractivity contribution in [1.29, 1.82) is 0 Å². The molecule has 3 nitrogen and oxygen atoms in total. The highest BCUT2D eigenvalue weighted by Gasteiger charge is 2.41. The molecule has 0 bridgehead atoms. The van der Waals surface area contributed by atoms with Gasteiger partial charge < -0.3 is 10.2 Å². The van der Waals surface area contributed by atoms with Gasteiger partial charge in [0.25, 0.3) is 0 Å². The van der Waals surface area contributed by atoms with E-state index in [1.165, 1.54) is 49.9 Å². The van der Waals surface area contributed by atoms with E-state index in [0.717, 1.165) is 26.2 Å². The fourth-order valence-electron chi connectivity index (χ4n) is 5.34. The second-order valence-electron chi connectivity index (χ2n) is 8.89. The number of allylic oxidation sites excluding steroid dienone is 5. The molecule has 27 heavy (non-hydrogen) atoms. The number of hydrogen-bond donors (Lipinski definition) is 1. The van der Waals surface area contributed by atoms with Gasteiger partial charge in [-0.25, -0.2) is 4.39 Å². The number of rotatable bonds is 8. The van der Waals surface area contributed by atoms with Crippen LogP contribution in [0.1, 0.15) is 72.1 Å². The fourth-order valence-corrected chi connectivity index (χ4v) is 5.34. The summed E-state index contributed by atoms with van der Waals surface area (Å²) in [4.78, 5) is 5.02. The maximum atomic E-state index is 13.3. The summed E-state index contributed by atoms with van der Waals surface area (Å²) in [5.41, 5.74) is 2.90. The zero-order valence-corrected chi connectivity index (χ0v) is 17.6. The van der Waals surface area contributed by atoms with Crippen molar-refractivity contribution in [3.8, 4) is 0 Å². The third-order valence-corrected chi connectivity index (χ3v) is 6.82. The molecule has 0 aromatic rings. The molecule has 152 valence electrons. The summed E-state index contributed by atoms with van der Waals surface area (Å²) in [6.45, 7) is 14.4. The first-order valence-corrected chi connectivity index (χ1v) is 11.0. The summed E-state index contributed by atoms with van der Waals surface area (Å²) >= 11 is 0. The Balaban J connectivity index is 1.52. The van der Waals surface area contributed by atoms with Gasteiger partial charge in [-0.2, -0.15) is 0 Å². The molecule has 0 amide bonds. The topological polar surface area (TPSA) is 18.5 Å². The standard InChI is InChI=1S/C23H38FN3/c1-5-12-23(13-6-2)15-21(25-19(23)4)11-14-26-17-27(16-18(26)3)22-9-7-20(24)8-10-22/h7,9,18,21,25H,4-6,8,10-17H2,1-3H3. The van der Waals surface area contributed by atoms with Crippen LogP contribution in [0.4, 0.5) is 4.39 Å². The van der Waals surface area contributed by atoms with Crippen molar-refractivity contribution in [2.75, 3.05) is 19.8 Å². The van der Waals surface area contributed by atoms with Gasteiger partial charge in [0, 0.05) is 48.4 Å². The van der Waals surface area contributed by atoms with Crippen molar-refractivity contribution in [3.05, 3.63) is 36.0 Å². The molecule has 2 heterocycles. The van der Waals surface area contributed by atoms with E-state index in [2.05, 4.69) is 42.5 Å². The zero-order valence-electron chi connectivity index (χ0n) is 17.6. The SMILES string of the molecule is C=C1NC(CCN2CN(C3=CC=C(F)CC3)CC2C)CC1(CCC)CCC. The molecular formula is C23H38FN3. The van der Waals surface area contributed by atoms with Crippen molar-refractivity contribution in [2.45, 2.75) is 84.2 Å². The Bertz CT molecular complexity index is 588. The highest BCUT2D eigenvalue weighted by atomic mass is 19.1. The number of nitrogens with zero attached hydrogens (tertiary/aromatic N) is 2. The quantitative estimate of drug-likeness (QED) is 0.618. The Morgan fingerprint density at radius 3 is 2.59 bits per heavy atom.